The molecule has 0 aromatic heterocycles. The van der Waals surface area contributed by atoms with Crippen molar-refractivity contribution >= 4 is 16.1 Å². The molecule has 2 atom stereocenters. The van der Waals surface area contributed by atoms with Gasteiger partial charge < -0.3 is 0 Å². The maximum atomic E-state index is 12.3. The summed E-state index contributed by atoms with van der Waals surface area (Å²) < 4.78 is 25.9. The van der Waals surface area contributed by atoms with Crippen LogP contribution in [0.3, 0.4) is 0 Å². The van der Waals surface area contributed by atoms with Crippen LogP contribution in [-0.4, -0.2) is 37.3 Å². The molecule has 0 spiro atoms. The van der Waals surface area contributed by atoms with Crippen molar-refractivity contribution in [1.82, 2.24) is 4.31 Å². The van der Waals surface area contributed by atoms with Gasteiger partial charge in [-0.1, -0.05) is 20.8 Å². The third-order valence-electron chi connectivity index (χ3n) is 3.34. The number of aliphatic imine (C=N–C) groups is 1. The first-order valence-corrected chi connectivity index (χ1v) is 8.06. The highest BCUT2D eigenvalue weighted by Crippen LogP contribution is 2.27. The van der Waals surface area contributed by atoms with Gasteiger partial charge in [-0.3, -0.25) is 0 Å². The number of nitrogens with zero attached hydrogens (tertiary/aromatic N) is 2. The fraction of sp³-hybridized carbons (Fsp3) is 0.917. The molecular weight excluding hydrogens is 252 g/mol. The molecule has 0 amide bonds. The van der Waals surface area contributed by atoms with Crippen LogP contribution in [0.2, 0.25) is 0 Å². The third-order valence-corrected chi connectivity index (χ3v) is 5.20. The summed E-state index contributed by atoms with van der Waals surface area (Å²) in [6.07, 6.45) is 3.29. The normalized spacial score (nSPS) is 26.0. The van der Waals surface area contributed by atoms with Crippen LogP contribution in [0.4, 0.5) is 0 Å². The smallest absolute Gasteiger partial charge is 0.212 e. The molecule has 0 bridgehead atoms. The molecule has 6 heteroatoms. The first kappa shape index (κ1) is 15.3. The lowest BCUT2D eigenvalue weighted by atomic mass is 9.98. The second-order valence-electron chi connectivity index (χ2n) is 5.36. The second kappa shape index (κ2) is 6.45. The molecule has 104 valence electrons. The monoisotopic (exact) mass is 274 g/mol. The van der Waals surface area contributed by atoms with Crippen LogP contribution in [0.1, 0.15) is 40.0 Å². The van der Waals surface area contributed by atoms with Crippen molar-refractivity contribution in [1.29, 1.82) is 0 Å². The predicted octanol–water partition coefficient (Wildman–Crippen LogP) is 1.76. The zero-order chi connectivity index (χ0) is 13.8. The summed E-state index contributed by atoms with van der Waals surface area (Å²) in [6.45, 7) is 6.38. The predicted molar refractivity (Wildman–Crippen MR) is 70.3 cm³/mol. The van der Waals surface area contributed by atoms with Crippen LogP contribution in [0.15, 0.2) is 4.99 Å². The average molecular weight is 274 g/mol. The van der Waals surface area contributed by atoms with E-state index in [9.17, 15) is 13.2 Å². The van der Waals surface area contributed by atoms with Crippen LogP contribution in [0, 0.1) is 11.8 Å². The molecule has 2 unspecified atom stereocenters. The molecule has 5 nitrogen and oxygen atoms in total. The average Bonchev–Trinajstić information content (AvgIpc) is 2.29. The fourth-order valence-electron chi connectivity index (χ4n) is 2.19. The van der Waals surface area contributed by atoms with E-state index >= 15 is 0 Å². The Balaban J connectivity index is 2.86. The molecule has 0 radical (unpaired) electrons. The van der Waals surface area contributed by atoms with Crippen molar-refractivity contribution in [2.75, 3.05) is 12.3 Å². The molecular formula is C12H22N2O3S. The quantitative estimate of drug-likeness (QED) is 0.566. The maximum Gasteiger partial charge on any atom is 0.236 e. The highest BCUT2D eigenvalue weighted by Gasteiger charge is 2.36. The van der Waals surface area contributed by atoms with E-state index in [0.717, 1.165) is 12.8 Å². The molecule has 18 heavy (non-hydrogen) atoms. The van der Waals surface area contributed by atoms with Crippen LogP contribution >= 0.6 is 0 Å². The van der Waals surface area contributed by atoms with Gasteiger partial charge in [0.05, 0.1) is 5.75 Å². The highest BCUT2D eigenvalue weighted by atomic mass is 32.2. The van der Waals surface area contributed by atoms with Gasteiger partial charge in [0.15, 0.2) is 0 Å². The van der Waals surface area contributed by atoms with Crippen molar-refractivity contribution < 1.29 is 13.2 Å². The lowest BCUT2D eigenvalue weighted by molar-refractivity contribution is 0.193. The minimum atomic E-state index is -3.32. The Bertz CT molecular complexity index is 413. The minimum absolute atomic E-state index is 0.0778. The van der Waals surface area contributed by atoms with Crippen molar-refractivity contribution in [3.63, 3.8) is 0 Å². The molecule has 1 rings (SSSR count). The van der Waals surface area contributed by atoms with Crippen molar-refractivity contribution in [3.05, 3.63) is 0 Å². The number of hydrogen-bond acceptors (Lipinski definition) is 4. The van der Waals surface area contributed by atoms with E-state index in [1.165, 1.54) is 10.4 Å². The van der Waals surface area contributed by atoms with Crippen molar-refractivity contribution in [3.8, 4) is 0 Å². The summed E-state index contributed by atoms with van der Waals surface area (Å²) in [5, 5.41) is 0. The fourth-order valence-corrected chi connectivity index (χ4v) is 4.18. The summed E-state index contributed by atoms with van der Waals surface area (Å²) >= 11 is 0. The molecule has 0 aromatic carbocycles. The third kappa shape index (κ3) is 3.90. The molecule has 1 aliphatic heterocycles. The second-order valence-corrected chi connectivity index (χ2v) is 7.40. The van der Waals surface area contributed by atoms with Gasteiger partial charge in [0.2, 0.25) is 16.1 Å². The molecule has 1 heterocycles. The number of hydrogen-bond donors (Lipinski definition) is 0. The van der Waals surface area contributed by atoms with E-state index in [1.807, 2.05) is 20.8 Å². The summed E-state index contributed by atoms with van der Waals surface area (Å²) in [6, 6.07) is 0. The SMILES string of the molecule is CC(C)CCS(=O)(=O)N1CCCC(C)C1N=C=O. The maximum absolute atomic E-state index is 12.3. The van der Waals surface area contributed by atoms with Gasteiger partial charge in [-0.05, 0) is 31.1 Å². The zero-order valence-corrected chi connectivity index (χ0v) is 12.1. The largest absolute Gasteiger partial charge is 0.236 e. The Morgan fingerprint density at radius 3 is 2.67 bits per heavy atom. The lowest BCUT2D eigenvalue weighted by Gasteiger charge is -2.35. The van der Waals surface area contributed by atoms with Gasteiger partial charge in [-0.2, -0.15) is 9.30 Å². The van der Waals surface area contributed by atoms with Crippen molar-refractivity contribution in [2.24, 2.45) is 16.8 Å². The van der Waals surface area contributed by atoms with Crippen LogP contribution in [0.5, 0.6) is 0 Å². The van der Waals surface area contributed by atoms with E-state index in [1.54, 1.807) is 0 Å². The molecule has 1 aliphatic rings. The van der Waals surface area contributed by atoms with E-state index in [0.29, 0.717) is 18.9 Å². The van der Waals surface area contributed by atoms with Gasteiger partial charge in [0.25, 0.3) is 0 Å². The van der Waals surface area contributed by atoms with Crippen molar-refractivity contribution in [2.45, 2.75) is 46.2 Å². The molecule has 1 fully saturated rings. The van der Waals surface area contributed by atoms with E-state index in [-0.39, 0.29) is 11.7 Å². The summed E-state index contributed by atoms with van der Waals surface area (Å²) in [5.41, 5.74) is 0. The standard InChI is InChI=1S/C12H22N2O3S/c1-10(2)6-8-18(16,17)14-7-4-5-11(3)12(14)13-9-15/h10-12H,4-8H2,1-3H3. The molecule has 1 saturated heterocycles. The summed E-state index contributed by atoms with van der Waals surface area (Å²) in [7, 11) is -3.32. The van der Waals surface area contributed by atoms with Gasteiger partial charge in [-0.15, -0.1) is 0 Å². The first-order chi connectivity index (χ1) is 8.38. The van der Waals surface area contributed by atoms with Crippen LogP contribution < -0.4 is 0 Å². The van der Waals surface area contributed by atoms with Gasteiger partial charge >= 0.3 is 0 Å². The van der Waals surface area contributed by atoms with Crippen LogP contribution in [0.25, 0.3) is 0 Å². The first-order valence-electron chi connectivity index (χ1n) is 6.45. The number of carbonyl (C=O) groups excluding carboxylic acids is 1. The number of piperidine rings is 1. The van der Waals surface area contributed by atoms with Gasteiger partial charge in [0.1, 0.15) is 6.17 Å². The lowest BCUT2D eigenvalue weighted by Crippen LogP contribution is -2.47. The highest BCUT2D eigenvalue weighted by molar-refractivity contribution is 7.89. The van der Waals surface area contributed by atoms with E-state index in [4.69, 9.17) is 0 Å². The Morgan fingerprint density at radius 2 is 2.11 bits per heavy atom. The summed E-state index contributed by atoms with van der Waals surface area (Å²) in [5.74, 6) is 0.548. The Morgan fingerprint density at radius 1 is 1.44 bits per heavy atom. The summed E-state index contributed by atoms with van der Waals surface area (Å²) in [4.78, 5) is 14.1. The number of isocyanates is 1. The minimum Gasteiger partial charge on any atom is -0.212 e. The molecule has 0 saturated carbocycles. The van der Waals surface area contributed by atoms with E-state index < -0.39 is 16.2 Å². The number of rotatable bonds is 5. The Hall–Kier alpha value is -0.710. The zero-order valence-electron chi connectivity index (χ0n) is 11.3. The van der Waals surface area contributed by atoms with Crippen LogP contribution in [-0.2, 0) is 14.8 Å². The van der Waals surface area contributed by atoms with Gasteiger partial charge in [0, 0.05) is 6.54 Å². The molecule has 0 N–H and O–H groups in total. The van der Waals surface area contributed by atoms with E-state index in [2.05, 4.69) is 4.99 Å². The van der Waals surface area contributed by atoms with Gasteiger partial charge in [-0.25, -0.2) is 13.2 Å². The Kier molecular flexibility index (Phi) is 5.50. The molecule has 0 aromatic rings. The topological polar surface area (TPSA) is 66.8 Å². The number of sulfonamides is 1. The molecule has 0 aliphatic carbocycles. The Labute approximate surface area is 109 Å².